The molecule has 1 saturated heterocycles. The lowest BCUT2D eigenvalue weighted by Gasteiger charge is -2.62. The van der Waals surface area contributed by atoms with Crippen LogP contribution in [0.4, 0.5) is 0 Å². The first-order valence-corrected chi connectivity index (χ1v) is 10.7. The second-order valence-corrected chi connectivity index (χ2v) is 10.3. The SMILES string of the molecule is CB(O)C1CCCN1C(=O)C(NC(C)C)C12CC3CC(CC(O)(C3)C1)C2. The molecule has 26 heavy (non-hydrogen) atoms. The molecule has 5 nitrogen and oxygen atoms in total. The first kappa shape index (κ1) is 18.8. The van der Waals surface area contributed by atoms with E-state index in [-0.39, 0.29) is 29.3 Å². The minimum Gasteiger partial charge on any atom is -0.449 e. The summed E-state index contributed by atoms with van der Waals surface area (Å²) in [4.78, 5) is 15.6. The summed E-state index contributed by atoms with van der Waals surface area (Å²) in [5.41, 5.74) is -0.679. The molecule has 3 N–H and O–H groups in total. The molecule has 4 atom stereocenters. The van der Waals surface area contributed by atoms with E-state index in [0.29, 0.717) is 11.8 Å². The van der Waals surface area contributed by atoms with Gasteiger partial charge in [0.05, 0.1) is 11.6 Å². The zero-order valence-electron chi connectivity index (χ0n) is 16.6. The number of hydrogen-bond donors (Lipinski definition) is 3. The van der Waals surface area contributed by atoms with Crippen molar-refractivity contribution >= 4 is 12.8 Å². The van der Waals surface area contributed by atoms with Gasteiger partial charge in [-0.25, -0.2) is 0 Å². The van der Waals surface area contributed by atoms with Crippen LogP contribution in [0.3, 0.4) is 0 Å². The number of likely N-dealkylation sites (tertiary alicyclic amines) is 1. The van der Waals surface area contributed by atoms with E-state index in [4.69, 9.17) is 0 Å². The van der Waals surface area contributed by atoms with Crippen LogP contribution in [0.2, 0.25) is 6.82 Å². The van der Waals surface area contributed by atoms with Crippen molar-refractivity contribution in [3.63, 3.8) is 0 Å². The van der Waals surface area contributed by atoms with Gasteiger partial charge in [0.15, 0.2) is 0 Å². The maximum absolute atomic E-state index is 13.7. The molecule has 0 aromatic heterocycles. The van der Waals surface area contributed by atoms with E-state index in [1.807, 2.05) is 4.90 Å². The number of rotatable bonds is 5. The van der Waals surface area contributed by atoms with Gasteiger partial charge in [-0.2, -0.15) is 0 Å². The Hall–Kier alpha value is -0.585. The van der Waals surface area contributed by atoms with Gasteiger partial charge in [0.25, 0.3) is 0 Å². The maximum Gasteiger partial charge on any atom is 0.309 e. The predicted octanol–water partition coefficient (Wildman–Crippen LogP) is 1.83. The molecule has 1 aliphatic heterocycles. The Balaban J connectivity index is 1.64. The molecule has 5 aliphatic rings. The summed E-state index contributed by atoms with van der Waals surface area (Å²) in [7, 11) is 0. The number of amides is 1. The number of nitrogens with one attached hydrogen (secondary N) is 1. The van der Waals surface area contributed by atoms with Gasteiger partial charge in [-0.1, -0.05) is 20.7 Å². The highest BCUT2D eigenvalue weighted by atomic mass is 16.3. The zero-order valence-corrected chi connectivity index (χ0v) is 16.6. The molecule has 0 spiro atoms. The second kappa shape index (κ2) is 6.49. The Kier molecular flexibility index (Phi) is 4.68. The number of nitrogens with zero attached hydrogens (tertiary/aromatic N) is 1. The average Bonchev–Trinajstić information content (AvgIpc) is 2.99. The number of hydrogen-bond acceptors (Lipinski definition) is 4. The van der Waals surface area contributed by atoms with Gasteiger partial charge in [0.1, 0.15) is 0 Å². The van der Waals surface area contributed by atoms with Crippen LogP contribution in [-0.4, -0.2) is 58.0 Å². The van der Waals surface area contributed by atoms with Crippen LogP contribution in [0.5, 0.6) is 0 Å². The second-order valence-electron chi connectivity index (χ2n) is 10.3. The monoisotopic (exact) mass is 362 g/mol. The van der Waals surface area contributed by atoms with E-state index >= 15 is 0 Å². The summed E-state index contributed by atoms with van der Waals surface area (Å²) in [5, 5.41) is 24.9. The molecule has 4 unspecified atom stereocenters. The highest BCUT2D eigenvalue weighted by Gasteiger charge is 2.61. The van der Waals surface area contributed by atoms with Crippen molar-refractivity contribution in [3.8, 4) is 0 Å². The van der Waals surface area contributed by atoms with Crippen molar-refractivity contribution in [1.82, 2.24) is 10.2 Å². The van der Waals surface area contributed by atoms with Crippen molar-refractivity contribution < 1.29 is 14.9 Å². The average molecular weight is 362 g/mol. The smallest absolute Gasteiger partial charge is 0.309 e. The summed E-state index contributed by atoms with van der Waals surface area (Å²) in [6.45, 7) is 6.27. The van der Waals surface area contributed by atoms with Crippen LogP contribution in [0.1, 0.15) is 65.2 Å². The van der Waals surface area contributed by atoms with E-state index in [0.717, 1.165) is 51.5 Å². The third kappa shape index (κ3) is 3.12. The molecular weight excluding hydrogens is 327 g/mol. The van der Waals surface area contributed by atoms with Crippen LogP contribution >= 0.6 is 0 Å². The number of carbonyl (C=O) groups excluding carboxylic acids is 1. The van der Waals surface area contributed by atoms with Crippen LogP contribution in [0, 0.1) is 17.3 Å². The fourth-order valence-corrected chi connectivity index (χ4v) is 7.20. The van der Waals surface area contributed by atoms with E-state index in [2.05, 4.69) is 19.2 Å². The fraction of sp³-hybridized carbons (Fsp3) is 0.950. The molecule has 0 aromatic carbocycles. The topological polar surface area (TPSA) is 72.8 Å². The lowest BCUT2D eigenvalue weighted by Crippen LogP contribution is -2.66. The van der Waals surface area contributed by atoms with Crippen molar-refractivity contribution in [2.75, 3.05) is 6.54 Å². The fourth-order valence-electron chi connectivity index (χ4n) is 7.20. The van der Waals surface area contributed by atoms with E-state index < -0.39 is 12.5 Å². The Morgan fingerprint density at radius 2 is 1.88 bits per heavy atom. The van der Waals surface area contributed by atoms with Gasteiger partial charge in [0.2, 0.25) is 5.91 Å². The molecular formula is C20H35BN2O3. The van der Waals surface area contributed by atoms with Gasteiger partial charge >= 0.3 is 6.92 Å². The molecule has 1 heterocycles. The predicted molar refractivity (Wildman–Crippen MR) is 103 cm³/mol. The molecule has 0 aromatic rings. The normalized spacial score (nSPS) is 42.5. The Bertz CT molecular complexity index is 553. The van der Waals surface area contributed by atoms with Crippen LogP contribution < -0.4 is 5.32 Å². The standard InChI is InChI=1S/C20H35BN2O3/c1-13(2)22-17(18(24)23-6-4-5-16(23)21(3)26)19-8-14-7-15(9-19)11-20(25,10-14)12-19/h13-17,22,25-26H,4-12H2,1-3H3. The molecule has 1 amide bonds. The minimum absolute atomic E-state index is 0.0593. The Morgan fingerprint density at radius 1 is 1.23 bits per heavy atom. The van der Waals surface area contributed by atoms with Gasteiger partial charge < -0.3 is 20.3 Å². The molecule has 4 bridgehead atoms. The van der Waals surface area contributed by atoms with Crippen molar-refractivity contribution in [2.45, 2.75) is 95.7 Å². The first-order chi connectivity index (χ1) is 12.2. The zero-order chi connectivity index (χ0) is 18.7. The van der Waals surface area contributed by atoms with Gasteiger partial charge in [-0.15, -0.1) is 0 Å². The molecule has 5 rings (SSSR count). The highest BCUT2D eigenvalue weighted by molar-refractivity contribution is 6.51. The van der Waals surface area contributed by atoms with Crippen LogP contribution in [0.15, 0.2) is 0 Å². The van der Waals surface area contributed by atoms with Crippen LogP contribution in [0.25, 0.3) is 0 Å². The number of carbonyl (C=O) groups is 1. The third-order valence-corrected chi connectivity index (χ3v) is 7.57. The van der Waals surface area contributed by atoms with Gasteiger partial charge in [-0.05, 0) is 68.6 Å². The summed E-state index contributed by atoms with van der Waals surface area (Å²) in [6.07, 6.45) is 7.83. The molecule has 4 saturated carbocycles. The van der Waals surface area contributed by atoms with E-state index in [9.17, 15) is 14.9 Å². The van der Waals surface area contributed by atoms with E-state index in [1.54, 1.807) is 6.82 Å². The Labute approximate surface area is 158 Å². The van der Waals surface area contributed by atoms with Crippen molar-refractivity contribution in [1.29, 1.82) is 0 Å². The first-order valence-electron chi connectivity index (χ1n) is 10.7. The molecule has 6 heteroatoms. The summed E-state index contributed by atoms with van der Waals surface area (Å²) in [6, 6.07) is -0.0153. The minimum atomic E-state index is -0.560. The lowest BCUT2D eigenvalue weighted by molar-refractivity contribution is -0.180. The van der Waals surface area contributed by atoms with Crippen LogP contribution in [-0.2, 0) is 4.79 Å². The van der Waals surface area contributed by atoms with Gasteiger partial charge in [-0.3, -0.25) is 4.79 Å². The lowest BCUT2D eigenvalue weighted by atomic mass is 9.46. The largest absolute Gasteiger partial charge is 0.449 e. The molecule has 4 aliphatic carbocycles. The molecule has 0 radical (unpaired) electrons. The quantitative estimate of drug-likeness (QED) is 0.653. The summed E-state index contributed by atoms with van der Waals surface area (Å²) in [5.74, 6) is 1.23. The molecule has 5 fully saturated rings. The Morgan fingerprint density at radius 3 is 2.42 bits per heavy atom. The van der Waals surface area contributed by atoms with E-state index in [1.165, 1.54) is 6.42 Å². The third-order valence-electron chi connectivity index (χ3n) is 7.57. The maximum atomic E-state index is 13.7. The van der Waals surface area contributed by atoms with Crippen molar-refractivity contribution in [2.24, 2.45) is 17.3 Å². The summed E-state index contributed by atoms with van der Waals surface area (Å²) < 4.78 is 0. The highest BCUT2D eigenvalue weighted by Crippen LogP contribution is 2.63. The molecule has 146 valence electrons. The number of aliphatic hydroxyl groups is 1. The summed E-state index contributed by atoms with van der Waals surface area (Å²) >= 11 is 0. The van der Waals surface area contributed by atoms with Gasteiger partial charge in [0, 0.05) is 18.5 Å². The van der Waals surface area contributed by atoms with Crippen molar-refractivity contribution in [3.05, 3.63) is 0 Å².